The highest BCUT2D eigenvalue weighted by Gasteiger charge is 2.25. The molecule has 3 rings (SSSR count). The van der Waals surface area contributed by atoms with Crippen molar-refractivity contribution in [1.82, 2.24) is 9.78 Å². The van der Waals surface area contributed by atoms with Gasteiger partial charge in [0.05, 0.1) is 5.69 Å². The third-order valence-corrected chi connectivity index (χ3v) is 4.11. The summed E-state index contributed by atoms with van der Waals surface area (Å²) in [6.45, 7) is 1.59. The van der Waals surface area contributed by atoms with Crippen molar-refractivity contribution in [2.75, 3.05) is 18.9 Å². The summed E-state index contributed by atoms with van der Waals surface area (Å²) in [7, 11) is 1.89. The van der Waals surface area contributed by atoms with E-state index in [0.29, 0.717) is 11.7 Å². The van der Waals surface area contributed by atoms with Gasteiger partial charge in [-0.25, -0.2) is 0 Å². The van der Waals surface area contributed by atoms with Crippen LogP contribution in [-0.4, -0.2) is 23.0 Å². The summed E-state index contributed by atoms with van der Waals surface area (Å²) in [6.07, 6.45) is 1.99. The molecule has 0 spiro atoms. The van der Waals surface area contributed by atoms with Crippen LogP contribution in [-0.2, 0) is 11.8 Å². The van der Waals surface area contributed by atoms with E-state index in [2.05, 4.69) is 5.10 Å². The van der Waals surface area contributed by atoms with Gasteiger partial charge < -0.3 is 10.5 Å². The van der Waals surface area contributed by atoms with Crippen molar-refractivity contribution in [2.45, 2.75) is 18.8 Å². The molecule has 1 saturated heterocycles. The van der Waals surface area contributed by atoms with Crippen molar-refractivity contribution < 1.29 is 4.74 Å². The predicted octanol–water partition coefficient (Wildman–Crippen LogP) is 3.22. The van der Waals surface area contributed by atoms with Crippen molar-refractivity contribution >= 4 is 17.4 Å². The van der Waals surface area contributed by atoms with Crippen LogP contribution in [0.3, 0.4) is 0 Å². The molecule has 106 valence electrons. The number of anilines is 1. The van der Waals surface area contributed by atoms with Crippen molar-refractivity contribution in [3.63, 3.8) is 0 Å². The Labute approximate surface area is 123 Å². The number of aryl methyl sites for hydroxylation is 1. The first-order chi connectivity index (χ1) is 9.66. The van der Waals surface area contributed by atoms with Gasteiger partial charge in [0.25, 0.3) is 0 Å². The number of ether oxygens (including phenoxy) is 1. The number of aromatic nitrogens is 2. The average molecular weight is 292 g/mol. The van der Waals surface area contributed by atoms with Crippen LogP contribution < -0.4 is 5.73 Å². The van der Waals surface area contributed by atoms with E-state index >= 15 is 0 Å². The fraction of sp³-hybridized carbons (Fsp3) is 0.400. The lowest BCUT2D eigenvalue weighted by Gasteiger charge is -2.21. The second kappa shape index (κ2) is 5.46. The van der Waals surface area contributed by atoms with Crippen molar-refractivity contribution in [1.29, 1.82) is 0 Å². The SMILES string of the molecule is Cn1nc(C2CCOCC2)c(-c2ccc(Cl)cc2)c1N. The van der Waals surface area contributed by atoms with Gasteiger partial charge >= 0.3 is 0 Å². The van der Waals surface area contributed by atoms with Crippen LogP contribution in [0.1, 0.15) is 24.5 Å². The number of hydrogen-bond acceptors (Lipinski definition) is 3. The standard InChI is InChI=1S/C15H18ClN3O/c1-19-15(17)13(10-2-4-12(16)5-3-10)14(18-19)11-6-8-20-9-7-11/h2-5,11H,6-9,17H2,1H3. The average Bonchev–Trinajstić information content (AvgIpc) is 2.77. The molecule has 1 aromatic heterocycles. The number of hydrogen-bond donors (Lipinski definition) is 1. The van der Waals surface area contributed by atoms with E-state index in [9.17, 15) is 0 Å². The van der Waals surface area contributed by atoms with Gasteiger partial charge in [0.15, 0.2) is 0 Å². The minimum absolute atomic E-state index is 0.415. The molecule has 20 heavy (non-hydrogen) atoms. The smallest absolute Gasteiger partial charge is 0.129 e. The highest BCUT2D eigenvalue weighted by atomic mass is 35.5. The van der Waals surface area contributed by atoms with E-state index in [4.69, 9.17) is 22.1 Å². The predicted molar refractivity (Wildman–Crippen MR) is 80.9 cm³/mol. The van der Waals surface area contributed by atoms with Gasteiger partial charge in [0.2, 0.25) is 0 Å². The molecule has 0 atom stereocenters. The molecule has 0 saturated carbocycles. The molecule has 1 aliphatic heterocycles. The van der Waals surface area contributed by atoms with Gasteiger partial charge in [-0.05, 0) is 30.5 Å². The molecular formula is C15H18ClN3O. The molecule has 0 radical (unpaired) electrons. The van der Waals surface area contributed by atoms with Gasteiger partial charge in [-0.15, -0.1) is 0 Å². The Kier molecular flexibility index (Phi) is 3.68. The Hall–Kier alpha value is -1.52. The van der Waals surface area contributed by atoms with E-state index in [0.717, 1.165) is 47.9 Å². The number of benzene rings is 1. The van der Waals surface area contributed by atoms with Gasteiger partial charge in [-0.1, -0.05) is 23.7 Å². The first-order valence-electron chi connectivity index (χ1n) is 6.83. The molecule has 0 aliphatic carbocycles. The number of halogens is 1. The summed E-state index contributed by atoms with van der Waals surface area (Å²) in [5.74, 6) is 1.12. The lowest BCUT2D eigenvalue weighted by Crippen LogP contribution is -2.15. The Bertz CT molecular complexity index is 600. The Morgan fingerprint density at radius 1 is 1.25 bits per heavy atom. The molecule has 0 amide bonds. The first kappa shape index (κ1) is 13.5. The highest BCUT2D eigenvalue weighted by Crippen LogP contribution is 2.37. The minimum Gasteiger partial charge on any atom is -0.383 e. The molecule has 1 aliphatic rings. The zero-order valence-corrected chi connectivity index (χ0v) is 12.2. The van der Waals surface area contributed by atoms with E-state index in [1.807, 2.05) is 31.3 Å². The van der Waals surface area contributed by atoms with Crippen LogP contribution in [0.4, 0.5) is 5.82 Å². The first-order valence-corrected chi connectivity index (χ1v) is 7.20. The summed E-state index contributed by atoms with van der Waals surface area (Å²) < 4.78 is 7.19. The van der Waals surface area contributed by atoms with Crippen molar-refractivity contribution in [3.05, 3.63) is 35.0 Å². The van der Waals surface area contributed by atoms with Crippen LogP contribution in [0, 0.1) is 0 Å². The summed E-state index contributed by atoms with van der Waals surface area (Å²) in [5.41, 5.74) is 9.40. The monoisotopic (exact) mass is 291 g/mol. The summed E-state index contributed by atoms with van der Waals surface area (Å²) in [6, 6.07) is 7.77. The van der Waals surface area contributed by atoms with Crippen LogP contribution in [0.15, 0.2) is 24.3 Å². The summed E-state index contributed by atoms with van der Waals surface area (Å²) >= 11 is 5.96. The molecule has 2 heterocycles. The van der Waals surface area contributed by atoms with Gasteiger partial charge in [-0.3, -0.25) is 4.68 Å². The zero-order valence-electron chi connectivity index (χ0n) is 11.5. The van der Waals surface area contributed by atoms with Crippen LogP contribution in [0.2, 0.25) is 5.02 Å². The molecular weight excluding hydrogens is 274 g/mol. The van der Waals surface area contributed by atoms with E-state index in [-0.39, 0.29) is 0 Å². The zero-order chi connectivity index (χ0) is 14.1. The summed E-state index contributed by atoms with van der Waals surface area (Å²) in [4.78, 5) is 0. The number of rotatable bonds is 2. The van der Waals surface area contributed by atoms with Crippen LogP contribution >= 0.6 is 11.6 Å². The molecule has 2 aromatic rings. The van der Waals surface area contributed by atoms with Crippen molar-refractivity contribution in [3.8, 4) is 11.1 Å². The van der Waals surface area contributed by atoms with Crippen LogP contribution in [0.25, 0.3) is 11.1 Å². The Morgan fingerprint density at radius 2 is 1.90 bits per heavy atom. The molecule has 4 nitrogen and oxygen atoms in total. The largest absolute Gasteiger partial charge is 0.383 e. The van der Waals surface area contributed by atoms with Gasteiger partial charge in [0, 0.05) is 36.8 Å². The van der Waals surface area contributed by atoms with E-state index in [1.54, 1.807) is 4.68 Å². The van der Waals surface area contributed by atoms with Crippen molar-refractivity contribution in [2.24, 2.45) is 7.05 Å². The molecule has 0 bridgehead atoms. The number of nitrogen functional groups attached to an aromatic ring is 1. The molecule has 1 aromatic carbocycles. The molecule has 1 fully saturated rings. The fourth-order valence-electron chi connectivity index (χ4n) is 2.73. The molecule has 2 N–H and O–H groups in total. The van der Waals surface area contributed by atoms with Gasteiger partial charge in [0.1, 0.15) is 5.82 Å². The maximum absolute atomic E-state index is 6.22. The second-order valence-corrected chi connectivity index (χ2v) is 5.60. The lowest BCUT2D eigenvalue weighted by molar-refractivity contribution is 0.0845. The van der Waals surface area contributed by atoms with Gasteiger partial charge in [-0.2, -0.15) is 5.10 Å². The molecule has 5 heteroatoms. The molecule has 0 unspecified atom stereocenters. The normalized spacial score (nSPS) is 16.5. The Morgan fingerprint density at radius 3 is 2.55 bits per heavy atom. The lowest BCUT2D eigenvalue weighted by atomic mass is 9.91. The number of nitrogens with zero attached hydrogens (tertiary/aromatic N) is 2. The topological polar surface area (TPSA) is 53.1 Å². The second-order valence-electron chi connectivity index (χ2n) is 5.16. The van der Waals surface area contributed by atoms with E-state index < -0.39 is 0 Å². The maximum atomic E-state index is 6.22. The summed E-state index contributed by atoms with van der Waals surface area (Å²) in [5, 5.41) is 5.36. The third-order valence-electron chi connectivity index (χ3n) is 3.86. The number of nitrogens with two attached hydrogens (primary N) is 1. The quantitative estimate of drug-likeness (QED) is 0.924. The maximum Gasteiger partial charge on any atom is 0.129 e. The fourth-order valence-corrected chi connectivity index (χ4v) is 2.85. The minimum atomic E-state index is 0.415. The highest BCUT2D eigenvalue weighted by molar-refractivity contribution is 6.30. The third kappa shape index (κ3) is 2.41. The Balaban J connectivity index is 2.06. The van der Waals surface area contributed by atoms with Crippen LogP contribution in [0.5, 0.6) is 0 Å². The van der Waals surface area contributed by atoms with E-state index in [1.165, 1.54) is 0 Å².